The predicted molar refractivity (Wildman–Crippen MR) is 141 cm³/mol. The second-order valence-corrected chi connectivity index (χ2v) is 9.32. The first kappa shape index (κ1) is 25.3. The topological polar surface area (TPSA) is 96.3 Å². The van der Waals surface area contributed by atoms with Crippen molar-refractivity contribution < 1.29 is 29.3 Å². The fraction of sp³-hybridized carbons (Fsp3) is 0.214. The van der Waals surface area contributed by atoms with Gasteiger partial charge in [-0.25, -0.2) is 0 Å². The summed E-state index contributed by atoms with van der Waals surface area (Å²) in [5, 5.41) is 22.0. The molecule has 0 aliphatic carbocycles. The summed E-state index contributed by atoms with van der Waals surface area (Å²) in [6.07, 6.45) is 0. The van der Waals surface area contributed by atoms with Crippen molar-refractivity contribution in [1.82, 2.24) is 0 Å². The van der Waals surface area contributed by atoms with Crippen molar-refractivity contribution in [1.29, 1.82) is 0 Å². The fourth-order valence-electron chi connectivity index (χ4n) is 4.30. The van der Waals surface area contributed by atoms with Crippen LogP contribution in [0.3, 0.4) is 0 Å². The molecule has 1 aliphatic heterocycles. The van der Waals surface area contributed by atoms with Crippen LogP contribution in [0.15, 0.2) is 64.6 Å². The quantitative estimate of drug-likeness (QED) is 0.228. The van der Waals surface area contributed by atoms with Gasteiger partial charge >= 0.3 is 0 Å². The zero-order valence-corrected chi connectivity index (χ0v) is 21.9. The minimum Gasteiger partial charge on any atom is -0.507 e. The van der Waals surface area contributed by atoms with Gasteiger partial charge in [-0.2, -0.15) is 0 Å². The molecule has 0 saturated carbocycles. The number of hydrogen-bond acceptors (Lipinski definition) is 6. The second kappa shape index (κ2) is 10.1. The number of phenols is 1. The molecule has 1 amide bonds. The molecule has 7 nitrogen and oxygen atoms in total. The summed E-state index contributed by atoms with van der Waals surface area (Å²) < 4.78 is 12.0. The number of ketones is 1. The van der Waals surface area contributed by atoms with Gasteiger partial charge in [0.15, 0.2) is 11.5 Å². The van der Waals surface area contributed by atoms with Gasteiger partial charge < -0.3 is 19.7 Å². The first-order valence-electron chi connectivity index (χ1n) is 11.4. The molecule has 3 aromatic rings. The Kier molecular flexibility index (Phi) is 7.08. The van der Waals surface area contributed by atoms with Crippen molar-refractivity contribution in [2.75, 3.05) is 18.6 Å². The van der Waals surface area contributed by atoms with Gasteiger partial charge in [0.1, 0.15) is 11.5 Å². The van der Waals surface area contributed by atoms with E-state index >= 15 is 0 Å². The fourth-order valence-corrected chi connectivity index (χ4v) is 4.55. The van der Waals surface area contributed by atoms with Gasteiger partial charge in [0, 0.05) is 10.0 Å². The number of anilines is 1. The van der Waals surface area contributed by atoms with E-state index in [0.717, 1.165) is 15.6 Å². The summed E-state index contributed by atoms with van der Waals surface area (Å²) in [4.78, 5) is 28.0. The van der Waals surface area contributed by atoms with E-state index in [1.165, 1.54) is 18.1 Å². The Morgan fingerprint density at radius 2 is 1.78 bits per heavy atom. The van der Waals surface area contributed by atoms with E-state index in [-0.39, 0.29) is 22.8 Å². The number of halogens is 1. The van der Waals surface area contributed by atoms with E-state index in [4.69, 9.17) is 9.47 Å². The average molecular weight is 552 g/mol. The van der Waals surface area contributed by atoms with Crippen LogP contribution in [-0.2, 0) is 9.59 Å². The molecule has 1 heterocycles. The van der Waals surface area contributed by atoms with E-state index in [0.29, 0.717) is 29.2 Å². The molecule has 4 rings (SSSR count). The van der Waals surface area contributed by atoms with Crippen LogP contribution >= 0.6 is 15.9 Å². The van der Waals surface area contributed by atoms with Crippen LogP contribution in [0.25, 0.3) is 5.76 Å². The maximum absolute atomic E-state index is 13.4. The number of hydrogen-bond donors (Lipinski definition) is 2. The summed E-state index contributed by atoms with van der Waals surface area (Å²) in [6.45, 7) is 5.88. The monoisotopic (exact) mass is 551 g/mol. The third-order valence-corrected chi connectivity index (χ3v) is 6.96. The van der Waals surface area contributed by atoms with Crippen molar-refractivity contribution in [3.63, 3.8) is 0 Å². The molecular weight excluding hydrogens is 526 g/mol. The van der Waals surface area contributed by atoms with Crippen LogP contribution < -0.4 is 14.4 Å². The van der Waals surface area contributed by atoms with E-state index in [1.807, 2.05) is 20.8 Å². The molecule has 0 bridgehead atoms. The highest BCUT2D eigenvalue weighted by molar-refractivity contribution is 9.10. The van der Waals surface area contributed by atoms with E-state index in [2.05, 4.69) is 15.9 Å². The van der Waals surface area contributed by atoms with Gasteiger partial charge in [0.05, 0.1) is 31.0 Å². The molecule has 186 valence electrons. The predicted octanol–water partition coefficient (Wildman–Crippen LogP) is 5.81. The molecule has 1 atom stereocenters. The number of aliphatic hydroxyl groups is 1. The van der Waals surface area contributed by atoms with Crippen molar-refractivity contribution in [2.45, 2.75) is 26.8 Å². The zero-order chi connectivity index (χ0) is 26.1. The third kappa shape index (κ3) is 4.44. The number of ether oxygens (including phenoxy) is 2. The largest absolute Gasteiger partial charge is 0.507 e. The Labute approximate surface area is 217 Å². The van der Waals surface area contributed by atoms with Crippen molar-refractivity contribution in [3.05, 3.63) is 86.9 Å². The molecule has 0 spiro atoms. The molecule has 1 aliphatic rings. The standard InChI is InChI=1S/C28H26BrNO6/c1-5-36-23-14-17(8-11-22(23)35-4)25-24(26(32)18-7-9-19(29)16(3)13-18)27(33)28(34)30(25)20-12-15(2)6-10-21(20)31/h6-14,25,31-32H,5H2,1-4H3/b26-24-. The molecule has 1 fully saturated rings. The maximum Gasteiger partial charge on any atom is 0.300 e. The SMILES string of the molecule is CCOc1cc(C2/C(=C(/O)c3ccc(Br)c(C)c3)C(=O)C(=O)N2c2cc(C)ccc2O)ccc1OC. The highest BCUT2D eigenvalue weighted by Gasteiger charge is 2.48. The minimum absolute atomic E-state index is 0.0877. The summed E-state index contributed by atoms with van der Waals surface area (Å²) in [7, 11) is 1.52. The Hall–Kier alpha value is -3.78. The Bertz CT molecular complexity index is 1400. The average Bonchev–Trinajstić information content (AvgIpc) is 3.12. The molecule has 1 unspecified atom stereocenters. The number of phenolic OH excluding ortho intramolecular Hbond substituents is 1. The van der Waals surface area contributed by atoms with Crippen molar-refractivity contribution in [2.24, 2.45) is 0 Å². The lowest BCUT2D eigenvalue weighted by molar-refractivity contribution is -0.132. The summed E-state index contributed by atoms with van der Waals surface area (Å²) >= 11 is 3.44. The van der Waals surface area contributed by atoms with Gasteiger partial charge in [-0.05, 0) is 73.9 Å². The molecule has 8 heteroatoms. The van der Waals surface area contributed by atoms with Crippen LogP contribution in [0.5, 0.6) is 17.2 Å². The van der Waals surface area contributed by atoms with Crippen molar-refractivity contribution in [3.8, 4) is 17.2 Å². The molecular formula is C28H26BrNO6. The zero-order valence-electron chi connectivity index (χ0n) is 20.3. The lowest BCUT2D eigenvalue weighted by atomic mass is 9.94. The van der Waals surface area contributed by atoms with Crippen LogP contribution in [0.4, 0.5) is 5.69 Å². The first-order chi connectivity index (χ1) is 17.2. The van der Waals surface area contributed by atoms with Crippen LogP contribution in [-0.4, -0.2) is 35.6 Å². The highest BCUT2D eigenvalue weighted by atomic mass is 79.9. The van der Waals surface area contributed by atoms with E-state index in [1.54, 1.807) is 48.5 Å². The molecule has 36 heavy (non-hydrogen) atoms. The molecule has 1 saturated heterocycles. The maximum atomic E-state index is 13.4. The van der Waals surface area contributed by atoms with Crippen molar-refractivity contribution >= 4 is 39.1 Å². The Morgan fingerprint density at radius 1 is 1.03 bits per heavy atom. The molecule has 2 N–H and O–H groups in total. The third-order valence-electron chi connectivity index (χ3n) is 6.07. The van der Waals surface area contributed by atoms with Gasteiger partial charge in [-0.15, -0.1) is 0 Å². The van der Waals surface area contributed by atoms with E-state index < -0.39 is 17.7 Å². The first-order valence-corrected chi connectivity index (χ1v) is 12.1. The molecule has 0 radical (unpaired) electrons. The van der Waals surface area contributed by atoms with Crippen LogP contribution in [0.2, 0.25) is 0 Å². The normalized spacial score (nSPS) is 16.9. The number of carbonyl (C=O) groups excluding carboxylic acids is 2. The smallest absolute Gasteiger partial charge is 0.300 e. The minimum atomic E-state index is -1.02. The van der Waals surface area contributed by atoms with Crippen LogP contribution in [0.1, 0.15) is 35.2 Å². The Morgan fingerprint density at radius 3 is 2.44 bits per heavy atom. The number of methoxy groups -OCH3 is 1. The number of aryl methyl sites for hydroxylation is 2. The van der Waals surface area contributed by atoms with Gasteiger partial charge in [0.2, 0.25) is 0 Å². The van der Waals surface area contributed by atoms with Gasteiger partial charge in [-0.1, -0.05) is 34.1 Å². The van der Waals surface area contributed by atoms with Gasteiger partial charge in [-0.3, -0.25) is 14.5 Å². The summed E-state index contributed by atoms with van der Waals surface area (Å²) in [6, 6.07) is 14.0. The number of nitrogens with zero attached hydrogens (tertiary/aromatic N) is 1. The van der Waals surface area contributed by atoms with Gasteiger partial charge in [0.25, 0.3) is 11.7 Å². The lowest BCUT2D eigenvalue weighted by Crippen LogP contribution is -2.29. The number of aliphatic hydroxyl groups excluding tert-OH is 1. The number of rotatable bonds is 6. The lowest BCUT2D eigenvalue weighted by Gasteiger charge is -2.27. The number of amides is 1. The number of carbonyl (C=O) groups is 2. The summed E-state index contributed by atoms with van der Waals surface area (Å²) in [5.41, 5.74) is 2.62. The second-order valence-electron chi connectivity index (χ2n) is 8.47. The number of aromatic hydroxyl groups is 1. The Balaban J connectivity index is 2.01. The molecule has 3 aromatic carbocycles. The number of benzene rings is 3. The van der Waals surface area contributed by atoms with E-state index in [9.17, 15) is 19.8 Å². The highest BCUT2D eigenvalue weighted by Crippen LogP contribution is 2.46. The molecule has 0 aromatic heterocycles. The number of Topliss-reactive ketones (excluding diaryl/α,β-unsaturated/α-hetero) is 1. The summed E-state index contributed by atoms with van der Waals surface area (Å²) in [5.74, 6) is -1.27. The van der Waals surface area contributed by atoms with Crippen LogP contribution in [0, 0.1) is 13.8 Å².